The highest BCUT2D eigenvalue weighted by Gasteiger charge is 2.69. The van der Waals surface area contributed by atoms with Crippen LogP contribution in [0.3, 0.4) is 0 Å². The Hall–Kier alpha value is -1.13. The molecule has 35 heavy (non-hydrogen) atoms. The summed E-state index contributed by atoms with van der Waals surface area (Å²) >= 11 is 0. The molecule has 4 heteroatoms. The van der Waals surface area contributed by atoms with E-state index in [1.807, 2.05) is 6.92 Å². The molecule has 3 saturated carbocycles. The second-order valence-electron chi connectivity index (χ2n) is 13.9. The molecule has 9 atom stereocenters. The van der Waals surface area contributed by atoms with Crippen LogP contribution in [0.25, 0.3) is 0 Å². The molecule has 0 aromatic carbocycles. The predicted molar refractivity (Wildman–Crippen MR) is 143 cm³/mol. The third-order valence-electron chi connectivity index (χ3n) is 11.7. The van der Waals surface area contributed by atoms with Gasteiger partial charge in [0.2, 0.25) is 0 Å². The van der Waals surface area contributed by atoms with Gasteiger partial charge >= 0.3 is 5.97 Å². The Morgan fingerprint density at radius 3 is 2.23 bits per heavy atom. The molecule has 0 bridgehead atoms. The van der Waals surface area contributed by atoms with Crippen LogP contribution in [0.15, 0.2) is 24.3 Å². The minimum Gasteiger partial charge on any atom is -0.481 e. The van der Waals surface area contributed by atoms with Crippen LogP contribution in [0, 0.1) is 45.8 Å². The van der Waals surface area contributed by atoms with Gasteiger partial charge in [0.15, 0.2) is 0 Å². The van der Waals surface area contributed by atoms with E-state index in [1.54, 1.807) is 0 Å². The lowest BCUT2D eigenvalue weighted by Gasteiger charge is -2.67. The van der Waals surface area contributed by atoms with Crippen molar-refractivity contribution in [2.75, 3.05) is 0 Å². The fourth-order valence-corrected chi connectivity index (χ4v) is 9.24. The molecule has 3 fully saturated rings. The first-order chi connectivity index (χ1) is 16.0. The molecule has 200 valence electrons. The van der Waals surface area contributed by atoms with Gasteiger partial charge in [0, 0.05) is 6.42 Å². The lowest BCUT2D eigenvalue weighted by Crippen LogP contribution is -2.63. The highest BCUT2D eigenvalue weighted by Crippen LogP contribution is 2.74. The van der Waals surface area contributed by atoms with E-state index < -0.39 is 17.7 Å². The number of aliphatic hydroxyl groups excluding tert-OH is 1. The van der Waals surface area contributed by atoms with Crippen molar-refractivity contribution in [2.24, 2.45) is 45.8 Å². The normalized spacial score (nSPS) is 42.7. The predicted octanol–water partition coefficient (Wildman–Crippen LogP) is 7.01. The summed E-state index contributed by atoms with van der Waals surface area (Å²) in [6.07, 6.45) is 6.48. The quantitative estimate of drug-likeness (QED) is 0.305. The minimum atomic E-state index is -0.841. The number of allylic oxidation sites excluding steroid dienone is 2. The van der Waals surface area contributed by atoms with E-state index in [1.165, 1.54) is 5.57 Å². The maximum Gasteiger partial charge on any atom is 0.303 e. The number of carboxylic acids is 1. The summed E-state index contributed by atoms with van der Waals surface area (Å²) in [5.41, 5.74) is 1.16. The molecule has 0 amide bonds. The van der Waals surface area contributed by atoms with Crippen LogP contribution in [-0.4, -0.2) is 33.0 Å². The highest BCUT2D eigenvalue weighted by atomic mass is 16.4. The van der Waals surface area contributed by atoms with Crippen LogP contribution in [-0.2, 0) is 4.79 Å². The molecule has 3 N–H and O–H groups in total. The zero-order valence-electron chi connectivity index (χ0n) is 23.5. The molecule has 0 aromatic heterocycles. The number of aliphatic carboxylic acids is 1. The van der Waals surface area contributed by atoms with Crippen LogP contribution >= 0.6 is 0 Å². The molecule has 4 nitrogen and oxygen atoms in total. The number of carbonyl (C=O) groups is 1. The summed E-state index contributed by atoms with van der Waals surface area (Å²) in [5.74, 6) is 0.270. The van der Waals surface area contributed by atoms with Crippen LogP contribution in [0.2, 0.25) is 0 Å². The topological polar surface area (TPSA) is 77.8 Å². The van der Waals surface area contributed by atoms with Crippen molar-refractivity contribution in [2.45, 2.75) is 118 Å². The largest absolute Gasteiger partial charge is 0.481 e. The second kappa shape index (κ2) is 9.63. The minimum absolute atomic E-state index is 0.0114. The number of hydrogen-bond donors (Lipinski definition) is 3. The standard InChI is InChI=1S/C31H52O4/c1-19(2)21(5)10-17-31(9,35)23-12-16-30(8)27(23)24(32)18-25-28(6,14-13-26(33)34)22(20(3)4)11-15-29(25,30)7/h19,22-25,27,32,35H,3,5,10-18H2,1-2,4,6-9H3,(H,33,34)/t22-,23-,24+,25+,27+,28-,29+,30+,31-/m0/s1. The van der Waals surface area contributed by atoms with Crippen molar-refractivity contribution in [1.29, 1.82) is 0 Å². The van der Waals surface area contributed by atoms with Crippen LogP contribution in [0.4, 0.5) is 0 Å². The average Bonchev–Trinajstić information content (AvgIpc) is 3.13. The van der Waals surface area contributed by atoms with Crippen LogP contribution < -0.4 is 0 Å². The lowest BCUT2D eigenvalue weighted by atomic mass is 9.37. The van der Waals surface area contributed by atoms with Gasteiger partial charge in [-0.1, -0.05) is 58.9 Å². The van der Waals surface area contributed by atoms with Crippen molar-refractivity contribution >= 4 is 5.97 Å². The zero-order valence-corrected chi connectivity index (χ0v) is 23.5. The molecule has 0 heterocycles. The summed E-state index contributed by atoms with van der Waals surface area (Å²) in [7, 11) is 0. The van der Waals surface area contributed by atoms with Gasteiger partial charge in [0.25, 0.3) is 0 Å². The van der Waals surface area contributed by atoms with E-state index in [-0.39, 0.29) is 46.3 Å². The van der Waals surface area contributed by atoms with Gasteiger partial charge in [0.1, 0.15) is 0 Å². The molecule has 0 spiro atoms. The Morgan fingerprint density at radius 1 is 1.09 bits per heavy atom. The Labute approximate surface area is 214 Å². The van der Waals surface area contributed by atoms with Crippen LogP contribution in [0.5, 0.6) is 0 Å². The van der Waals surface area contributed by atoms with E-state index in [4.69, 9.17) is 0 Å². The molecule has 0 radical (unpaired) electrons. The van der Waals surface area contributed by atoms with Crippen molar-refractivity contribution in [3.63, 3.8) is 0 Å². The number of rotatable bonds is 9. The second-order valence-corrected chi connectivity index (χ2v) is 13.9. The Morgan fingerprint density at radius 2 is 1.69 bits per heavy atom. The van der Waals surface area contributed by atoms with Gasteiger partial charge in [-0.15, -0.1) is 0 Å². The zero-order chi connectivity index (χ0) is 26.6. The number of aliphatic hydroxyl groups is 2. The van der Waals surface area contributed by atoms with Crippen molar-refractivity contribution < 1.29 is 20.1 Å². The lowest BCUT2D eigenvalue weighted by molar-refractivity contribution is -0.213. The molecule has 3 aliphatic rings. The van der Waals surface area contributed by atoms with E-state index in [2.05, 4.69) is 54.7 Å². The van der Waals surface area contributed by atoms with Crippen molar-refractivity contribution in [3.8, 4) is 0 Å². The summed E-state index contributed by atoms with van der Waals surface area (Å²) in [5, 5.41) is 33.0. The molecular formula is C31H52O4. The Kier molecular flexibility index (Phi) is 7.83. The fourth-order valence-electron chi connectivity index (χ4n) is 9.24. The molecule has 0 saturated heterocycles. The monoisotopic (exact) mass is 488 g/mol. The first-order valence-electron chi connectivity index (χ1n) is 14.0. The van der Waals surface area contributed by atoms with Gasteiger partial charge in [-0.3, -0.25) is 4.79 Å². The van der Waals surface area contributed by atoms with Gasteiger partial charge in [-0.05, 0) is 111 Å². The molecule has 0 aromatic rings. The van der Waals surface area contributed by atoms with Crippen LogP contribution in [0.1, 0.15) is 106 Å². The van der Waals surface area contributed by atoms with E-state index in [0.29, 0.717) is 25.2 Å². The first kappa shape index (κ1) is 28.4. The average molecular weight is 489 g/mol. The first-order valence-corrected chi connectivity index (χ1v) is 14.0. The van der Waals surface area contributed by atoms with Gasteiger partial charge in [-0.2, -0.15) is 0 Å². The summed E-state index contributed by atoms with van der Waals surface area (Å²) < 4.78 is 0. The number of fused-ring (bicyclic) bond motifs is 3. The molecular weight excluding hydrogens is 436 g/mol. The smallest absolute Gasteiger partial charge is 0.303 e. The maximum atomic E-state index is 11.8. The third-order valence-corrected chi connectivity index (χ3v) is 11.7. The summed E-state index contributed by atoms with van der Waals surface area (Å²) in [6.45, 7) is 24.0. The van der Waals surface area contributed by atoms with E-state index >= 15 is 0 Å². The SMILES string of the molecule is C=C(CC[C@](C)(O)[C@H]1CC[C@]2(C)[C@H]1[C@H](O)C[C@@H]1[C@@](C)(CCC(=O)O)[C@H](C(=C)C)CC[C@]12C)C(C)C. The van der Waals surface area contributed by atoms with E-state index in [0.717, 1.165) is 37.7 Å². The van der Waals surface area contributed by atoms with Crippen molar-refractivity contribution in [1.82, 2.24) is 0 Å². The molecule has 3 rings (SSSR count). The number of carboxylic acid groups (broad SMARTS) is 1. The molecule has 0 aliphatic heterocycles. The highest BCUT2D eigenvalue weighted by molar-refractivity contribution is 5.66. The van der Waals surface area contributed by atoms with E-state index in [9.17, 15) is 20.1 Å². The van der Waals surface area contributed by atoms with Gasteiger partial charge in [0.05, 0.1) is 11.7 Å². The fraction of sp³-hybridized carbons (Fsp3) is 0.839. The summed E-state index contributed by atoms with van der Waals surface area (Å²) in [4.78, 5) is 11.6. The van der Waals surface area contributed by atoms with Gasteiger partial charge < -0.3 is 15.3 Å². The number of hydrogen-bond acceptors (Lipinski definition) is 3. The Bertz CT molecular complexity index is 843. The molecule has 0 unspecified atom stereocenters. The molecule has 3 aliphatic carbocycles. The Balaban J connectivity index is 1.96. The van der Waals surface area contributed by atoms with Crippen molar-refractivity contribution in [3.05, 3.63) is 24.3 Å². The third kappa shape index (κ3) is 4.67. The maximum absolute atomic E-state index is 11.8. The van der Waals surface area contributed by atoms with Gasteiger partial charge in [-0.25, -0.2) is 0 Å². The summed E-state index contributed by atoms with van der Waals surface area (Å²) in [6, 6.07) is 0.